The molecular weight excluding hydrogens is 228 g/mol. The Kier molecular flexibility index (Phi) is 5.19. The Hall–Kier alpha value is 0.0969. The van der Waals surface area contributed by atoms with Crippen LogP contribution in [0.15, 0.2) is 0 Å². The summed E-state index contributed by atoms with van der Waals surface area (Å²) < 4.78 is 6.25. The van der Waals surface area contributed by atoms with Crippen LogP contribution < -0.4 is 5.84 Å². The van der Waals surface area contributed by atoms with Crippen LogP contribution in [0.25, 0.3) is 0 Å². The maximum absolute atomic E-state index is 6.25. The predicted octanol–water partition coefficient (Wildman–Crippen LogP) is 2.72. The summed E-state index contributed by atoms with van der Waals surface area (Å²) >= 11 is 0. The van der Waals surface area contributed by atoms with Gasteiger partial charge in [-0.2, -0.15) is 0 Å². The SMILES string of the molecule is CC(C)(C)[SiH-](C)(C)OCCC1CCN(N)CC1. The van der Waals surface area contributed by atoms with Crippen LogP contribution in [-0.2, 0) is 4.43 Å². The first kappa shape index (κ1) is 15.2. The summed E-state index contributed by atoms with van der Waals surface area (Å²) in [5.41, 5.74) is 0. The summed E-state index contributed by atoms with van der Waals surface area (Å²) in [6, 6.07) is 0. The Morgan fingerprint density at radius 2 is 1.76 bits per heavy atom. The van der Waals surface area contributed by atoms with Gasteiger partial charge in [0.25, 0.3) is 0 Å². The molecule has 0 saturated carbocycles. The Bertz CT molecular complexity index is 230. The van der Waals surface area contributed by atoms with E-state index in [9.17, 15) is 0 Å². The maximum atomic E-state index is 6.25. The molecule has 0 aromatic carbocycles. The van der Waals surface area contributed by atoms with Gasteiger partial charge in [-0.05, 0) is 0 Å². The zero-order valence-electron chi connectivity index (χ0n) is 12.3. The van der Waals surface area contributed by atoms with Crippen LogP contribution in [0, 0.1) is 5.92 Å². The molecule has 0 spiro atoms. The first-order chi connectivity index (χ1) is 7.72. The van der Waals surface area contributed by atoms with Crippen molar-refractivity contribution in [2.24, 2.45) is 11.8 Å². The summed E-state index contributed by atoms with van der Waals surface area (Å²) in [6.45, 7) is 14.7. The molecule has 3 nitrogen and oxygen atoms in total. The average Bonchev–Trinajstić information content (AvgIpc) is 2.19. The Morgan fingerprint density at radius 1 is 1.24 bits per heavy atom. The van der Waals surface area contributed by atoms with Crippen molar-refractivity contribution in [2.75, 3.05) is 19.7 Å². The van der Waals surface area contributed by atoms with Gasteiger partial charge in [0.05, 0.1) is 0 Å². The molecule has 4 heteroatoms. The molecule has 0 bridgehead atoms. The van der Waals surface area contributed by atoms with Crippen molar-refractivity contribution in [3.8, 4) is 0 Å². The van der Waals surface area contributed by atoms with E-state index >= 15 is 0 Å². The molecule has 1 heterocycles. The Balaban J connectivity index is 2.24. The molecule has 0 aromatic heterocycles. The number of nitrogens with zero attached hydrogens (tertiary/aromatic N) is 1. The van der Waals surface area contributed by atoms with Crippen LogP contribution in [0.2, 0.25) is 18.1 Å². The van der Waals surface area contributed by atoms with Gasteiger partial charge >= 0.3 is 107 Å². The first-order valence-electron chi connectivity index (χ1n) is 7.08. The normalized spacial score (nSPS) is 21.8. The molecule has 2 N–H and O–H groups in total. The molecule has 1 aliphatic heterocycles. The molecule has 17 heavy (non-hydrogen) atoms. The van der Waals surface area contributed by atoms with E-state index in [4.69, 9.17) is 10.3 Å². The van der Waals surface area contributed by atoms with E-state index in [0.717, 1.165) is 25.6 Å². The second-order valence-electron chi connectivity index (χ2n) is 7.25. The number of piperidine rings is 1. The average molecular weight is 259 g/mol. The minimum atomic E-state index is -1.83. The van der Waals surface area contributed by atoms with E-state index in [1.807, 2.05) is 5.01 Å². The van der Waals surface area contributed by atoms with E-state index in [1.54, 1.807) is 0 Å². The Morgan fingerprint density at radius 3 is 2.24 bits per heavy atom. The monoisotopic (exact) mass is 259 g/mol. The molecule has 0 aromatic rings. The second-order valence-corrected chi connectivity index (χ2v) is 12.8. The van der Waals surface area contributed by atoms with Crippen LogP contribution >= 0.6 is 0 Å². The summed E-state index contributed by atoms with van der Waals surface area (Å²) in [7, 11) is -1.83. The van der Waals surface area contributed by atoms with E-state index in [2.05, 4.69) is 33.9 Å². The van der Waals surface area contributed by atoms with Crippen molar-refractivity contribution in [2.45, 2.75) is 58.2 Å². The van der Waals surface area contributed by atoms with Gasteiger partial charge in [-0.3, -0.25) is 0 Å². The third-order valence-corrected chi connectivity index (χ3v) is 10.0. The van der Waals surface area contributed by atoms with Gasteiger partial charge in [-0.25, -0.2) is 0 Å². The number of hydrazine groups is 1. The van der Waals surface area contributed by atoms with Gasteiger partial charge in [0, 0.05) is 0 Å². The zero-order chi connectivity index (χ0) is 13.1. The standard InChI is InChI=1S/C13H31N2OSi/c1-13(2,3)17(4,5)16-11-8-12-6-9-15(14)10-7-12/h12,17H,6-11,14H2,1-5H3/q-1. The predicted molar refractivity (Wildman–Crippen MR) is 77.6 cm³/mol. The quantitative estimate of drug-likeness (QED) is 0.623. The fourth-order valence-electron chi connectivity index (χ4n) is 2.02. The van der Waals surface area contributed by atoms with Gasteiger partial charge in [-0.15, -0.1) is 0 Å². The summed E-state index contributed by atoms with van der Waals surface area (Å²) in [5, 5.41) is 2.29. The van der Waals surface area contributed by atoms with E-state index in [1.165, 1.54) is 19.3 Å². The molecule has 0 amide bonds. The minimum absolute atomic E-state index is 0.355. The van der Waals surface area contributed by atoms with Crippen LogP contribution in [0.4, 0.5) is 0 Å². The van der Waals surface area contributed by atoms with Crippen molar-refractivity contribution in [3.05, 3.63) is 0 Å². The molecule has 1 saturated heterocycles. The molecule has 1 aliphatic rings. The van der Waals surface area contributed by atoms with E-state index in [0.29, 0.717) is 5.04 Å². The summed E-state index contributed by atoms with van der Waals surface area (Å²) in [4.78, 5) is 0. The third-order valence-electron chi connectivity index (χ3n) is 4.80. The summed E-state index contributed by atoms with van der Waals surface area (Å²) in [5.74, 6) is 6.59. The Labute approximate surface area is 108 Å². The van der Waals surface area contributed by atoms with Gasteiger partial charge < -0.3 is 0 Å². The van der Waals surface area contributed by atoms with Crippen molar-refractivity contribution in [1.29, 1.82) is 0 Å². The fourth-order valence-corrected chi connectivity index (χ4v) is 3.25. The van der Waals surface area contributed by atoms with Gasteiger partial charge in [0.2, 0.25) is 0 Å². The molecule has 1 rings (SSSR count). The molecule has 0 aliphatic carbocycles. The zero-order valence-corrected chi connectivity index (χ0v) is 13.5. The van der Waals surface area contributed by atoms with Crippen LogP contribution in [0.3, 0.4) is 0 Å². The molecule has 0 radical (unpaired) electrons. The van der Waals surface area contributed by atoms with Crippen LogP contribution in [-0.4, -0.2) is 33.0 Å². The molecule has 104 valence electrons. The number of nitrogens with two attached hydrogens (primary N) is 1. The number of rotatable bonds is 4. The van der Waals surface area contributed by atoms with Crippen molar-refractivity contribution >= 4 is 8.32 Å². The van der Waals surface area contributed by atoms with Crippen molar-refractivity contribution in [1.82, 2.24) is 5.01 Å². The number of hydrogen-bond acceptors (Lipinski definition) is 3. The van der Waals surface area contributed by atoms with E-state index in [-0.39, 0.29) is 0 Å². The summed E-state index contributed by atoms with van der Waals surface area (Å²) in [6.07, 6.45) is 3.69. The first-order valence-corrected chi connectivity index (χ1v) is 10.4. The topological polar surface area (TPSA) is 38.5 Å². The van der Waals surface area contributed by atoms with Gasteiger partial charge in [0.15, 0.2) is 0 Å². The molecular formula is C13H31N2OSi-. The van der Waals surface area contributed by atoms with Gasteiger partial charge in [-0.1, -0.05) is 0 Å². The molecule has 0 unspecified atom stereocenters. The van der Waals surface area contributed by atoms with Crippen LogP contribution in [0.5, 0.6) is 0 Å². The molecule has 1 fully saturated rings. The van der Waals surface area contributed by atoms with Crippen molar-refractivity contribution < 1.29 is 4.43 Å². The van der Waals surface area contributed by atoms with Crippen LogP contribution in [0.1, 0.15) is 40.0 Å². The fraction of sp³-hybridized carbons (Fsp3) is 1.00. The third kappa shape index (κ3) is 4.70. The van der Waals surface area contributed by atoms with Crippen molar-refractivity contribution in [3.63, 3.8) is 0 Å². The van der Waals surface area contributed by atoms with Gasteiger partial charge in [0.1, 0.15) is 0 Å². The number of hydrogen-bond donors (Lipinski definition) is 1. The molecule has 0 atom stereocenters. The second kappa shape index (κ2) is 5.82. The van der Waals surface area contributed by atoms with E-state index < -0.39 is 8.32 Å².